The quantitative estimate of drug-likeness (QED) is 0.205. The Morgan fingerprint density at radius 1 is 0.500 bits per heavy atom. The molecule has 0 spiro atoms. The molecule has 0 bridgehead atoms. The summed E-state index contributed by atoms with van der Waals surface area (Å²) in [6.07, 6.45) is 15.9. The zero-order valence-corrected chi connectivity index (χ0v) is 21.7. The van der Waals surface area contributed by atoms with E-state index in [0.29, 0.717) is 12.1 Å². The van der Waals surface area contributed by atoms with Crippen LogP contribution in [0.25, 0.3) is 0 Å². The molecule has 1 aliphatic carbocycles. The fourth-order valence-corrected chi connectivity index (χ4v) is 4.66. The Hall–Kier alpha value is -0.410. The zero-order valence-electron chi connectivity index (χ0n) is 21.7. The van der Waals surface area contributed by atoms with E-state index in [2.05, 4.69) is 55.9 Å². The average molecular weight is 423 g/mol. The fraction of sp³-hybridized carbons (Fsp3) is 0.963. The highest BCUT2D eigenvalue weighted by Gasteiger charge is 2.59. The summed E-state index contributed by atoms with van der Waals surface area (Å²) in [7, 11) is 0. The van der Waals surface area contributed by atoms with Crippen LogP contribution in [-0.2, 0) is 0 Å². The molecule has 0 aromatic carbocycles. The lowest BCUT2D eigenvalue weighted by molar-refractivity contribution is -0.528. The highest BCUT2D eigenvalue weighted by molar-refractivity contribution is 6.08. The Morgan fingerprint density at radius 2 is 0.800 bits per heavy atom. The molecule has 1 fully saturated rings. The van der Waals surface area contributed by atoms with Crippen molar-refractivity contribution in [3.8, 4) is 0 Å². The van der Waals surface area contributed by atoms with Gasteiger partial charge in [0.1, 0.15) is 25.2 Å². The maximum Gasteiger partial charge on any atom is 0.191 e. The van der Waals surface area contributed by atoms with Crippen LogP contribution in [0.2, 0.25) is 0 Å². The monoisotopic (exact) mass is 422 g/mol. The van der Waals surface area contributed by atoms with Crippen LogP contribution >= 0.6 is 0 Å². The molecule has 0 heterocycles. The molecule has 1 saturated carbocycles. The molecule has 0 aromatic rings. The average Bonchev–Trinajstić information content (AvgIpc) is 3.49. The molecule has 3 nitrogen and oxygen atoms in total. The first-order chi connectivity index (χ1) is 14.7. The summed E-state index contributed by atoms with van der Waals surface area (Å²) in [4.78, 5) is 5.76. The van der Waals surface area contributed by atoms with Gasteiger partial charge in [-0.05, 0) is 51.9 Å². The van der Waals surface area contributed by atoms with Gasteiger partial charge in [-0.25, -0.2) is 4.58 Å². The van der Waals surface area contributed by atoms with Crippen molar-refractivity contribution in [2.24, 2.45) is 0 Å². The highest BCUT2D eigenvalue weighted by Crippen LogP contribution is 2.32. The van der Waals surface area contributed by atoms with E-state index >= 15 is 0 Å². The molecule has 30 heavy (non-hydrogen) atoms. The van der Waals surface area contributed by atoms with Crippen LogP contribution < -0.4 is 0 Å². The lowest BCUT2D eigenvalue weighted by atomic mass is 10.2. The van der Waals surface area contributed by atoms with E-state index in [9.17, 15) is 0 Å². The van der Waals surface area contributed by atoms with Crippen molar-refractivity contribution >= 4 is 5.71 Å². The molecule has 0 N–H and O–H groups in total. The molecule has 178 valence electrons. The smallest absolute Gasteiger partial charge is 0.191 e. The molecule has 0 amide bonds. The highest BCUT2D eigenvalue weighted by atomic mass is 15.3. The number of hydrogen-bond acceptors (Lipinski definition) is 2. The van der Waals surface area contributed by atoms with E-state index in [1.165, 1.54) is 116 Å². The second-order valence-corrected chi connectivity index (χ2v) is 9.49. The molecule has 1 aliphatic rings. The molecule has 1 rings (SSSR count). The molecule has 0 radical (unpaired) electrons. The van der Waals surface area contributed by atoms with Gasteiger partial charge in [-0.2, -0.15) is 0 Å². The lowest BCUT2D eigenvalue weighted by Crippen LogP contribution is -2.37. The molecular formula is C27H56N3+. The van der Waals surface area contributed by atoms with Gasteiger partial charge in [-0.15, -0.1) is 0 Å². The first-order valence-electron chi connectivity index (χ1n) is 13.8. The molecule has 2 atom stereocenters. The van der Waals surface area contributed by atoms with Crippen molar-refractivity contribution in [3.63, 3.8) is 0 Å². The van der Waals surface area contributed by atoms with E-state index in [1.54, 1.807) is 5.71 Å². The number of hydrogen-bond donors (Lipinski definition) is 0. The van der Waals surface area contributed by atoms with Crippen LogP contribution in [0.1, 0.15) is 119 Å². The maximum absolute atomic E-state index is 2.88. The third kappa shape index (κ3) is 9.39. The van der Waals surface area contributed by atoms with Crippen molar-refractivity contribution in [2.45, 2.75) is 131 Å². The second kappa shape index (κ2) is 17.2. The van der Waals surface area contributed by atoms with Gasteiger partial charge in [0.15, 0.2) is 5.71 Å². The molecule has 2 unspecified atom stereocenters. The standard InChI is InChI=1S/C27H56N3/c1-7-13-19-28(20-14-8-2)25-26(29(21-15-9-3)22-16-10-4)27(25)30(23-17-11-5)24-18-12-6/h25-26H,7-24H2,1-6H3/q+1. The van der Waals surface area contributed by atoms with Gasteiger partial charge in [0.2, 0.25) is 0 Å². The van der Waals surface area contributed by atoms with Crippen LogP contribution in [0.3, 0.4) is 0 Å². The summed E-state index contributed by atoms with van der Waals surface area (Å²) in [5, 5.41) is 0. The van der Waals surface area contributed by atoms with Crippen molar-refractivity contribution in [3.05, 3.63) is 0 Å². The first-order valence-corrected chi connectivity index (χ1v) is 13.8. The molecule has 0 saturated heterocycles. The Kier molecular flexibility index (Phi) is 15.8. The van der Waals surface area contributed by atoms with Crippen LogP contribution in [0, 0.1) is 0 Å². The van der Waals surface area contributed by atoms with Gasteiger partial charge in [-0.1, -0.05) is 80.1 Å². The van der Waals surface area contributed by atoms with E-state index in [1.807, 2.05) is 0 Å². The Morgan fingerprint density at radius 3 is 1.07 bits per heavy atom. The SMILES string of the molecule is CCCCN(CCCC)C1C(=[N+](CCCC)CCCC)C1N(CCCC)CCCC. The zero-order chi connectivity index (χ0) is 22.2. The fourth-order valence-electron chi connectivity index (χ4n) is 4.66. The van der Waals surface area contributed by atoms with E-state index < -0.39 is 0 Å². The van der Waals surface area contributed by atoms with Crippen LogP contribution in [0.15, 0.2) is 0 Å². The first kappa shape index (κ1) is 27.6. The predicted octanol–water partition coefficient (Wildman–Crippen LogP) is 6.60. The van der Waals surface area contributed by atoms with Crippen LogP contribution in [-0.4, -0.2) is 71.4 Å². The molecular weight excluding hydrogens is 366 g/mol. The Labute approximate surface area is 190 Å². The topological polar surface area (TPSA) is 9.49 Å². The van der Waals surface area contributed by atoms with Gasteiger partial charge >= 0.3 is 0 Å². The van der Waals surface area contributed by atoms with Gasteiger partial charge in [0, 0.05) is 12.8 Å². The summed E-state index contributed by atoms with van der Waals surface area (Å²) >= 11 is 0. The van der Waals surface area contributed by atoms with E-state index in [4.69, 9.17) is 0 Å². The van der Waals surface area contributed by atoms with Gasteiger partial charge in [0.25, 0.3) is 0 Å². The summed E-state index contributed by atoms with van der Waals surface area (Å²) in [5.74, 6) is 0. The molecule has 0 aromatic heterocycles. The summed E-state index contributed by atoms with van der Waals surface area (Å²) < 4.78 is 2.83. The van der Waals surface area contributed by atoms with Crippen molar-refractivity contribution < 1.29 is 4.58 Å². The predicted molar refractivity (Wildman–Crippen MR) is 135 cm³/mol. The summed E-state index contributed by atoms with van der Waals surface area (Å²) in [6.45, 7) is 21.7. The summed E-state index contributed by atoms with van der Waals surface area (Å²) in [6, 6.07) is 1.37. The molecule has 0 aliphatic heterocycles. The number of unbranched alkanes of at least 4 members (excludes halogenated alkanes) is 6. The van der Waals surface area contributed by atoms with Crippen LogP contribution in [0.5, 0.6) is 0 Å². The maximum atomic E-state index is 2.88. The van der Waals surface area contributed by atoms with E-state index in [-0.39, 0.29) is 0 Å². The minimum absolute atomic E-state index is 0.686. The Bertz CT molecular complexity index is 391. The van der Waals surface area contributed by atoms with Crippen molar-refractivity contribution in [1.29, 1.82) is 0 Å². The Balaban J connectivity index is 3.19. The van der Waals surface area contributed by atoms with Crippen molar-refractivity contribution in [1.82, 2.24) is 9.80 Å². The number of rotatable bonds is 20. The van der Waals surface area contributed by atoms with Gasteiger partial charge in [0.05, 0.1) is 0 Å². The van der Waals surface area contributed by atoms with Crippen molar-refractivity contribution in [2.75, 3.05) is 39.3 Å². The lowest BCUT2D eigenvalue weighted by Gasteiger charge is -2.25. The van der Waals surface area contributed by atoms with Crippen LogP contribution in [0.4, 0.5) is 0 Å². The minimum Gasteiger partial charge on any atom is -0.290 e. The minimum atomic E-state index is 0.686. The van der Waals surface area contributed by atoms with E-state index in [0.717, 1.165) is 0 Å². The number of nitrogens with zero attached hydrogens (tertiary/aromatic N) is 3. The van der Waals surface area contributed by atoms with Gasteiger partial charge in [-0.3, -0.25) is 9.80 Å². The second-order valence-electron chi connectivity index (χ2n) is 9.49. The largest absolute Gasteiger partial charge is 0.290 e. The summed E-state index contributed by atoms with van der Waals surface area (Å²) in [5.41, 5.74) is 1.79. The molecule has 3 heteroatoms. The third-order valence-electron chi connectivity index (χ3n) is 6.71. The van der Waals surface area contributed by atoms with Gasteiger partial charge < -0.3 is 0 Å². The normalized spacial score (nSPS) is 18.6. The third-order valence-corrected chi connectivity index (χ3v) is 6.71.